The van der Waals surface area contributed by atoms with Gasteiger partial charge in [0.05, 0.1) is 16.4 Å². The number of amides is 1. The van der Waals surface area contributed by atoms with Gasteiger partial charge in [0.2, 0.25) is 5.91 Å². The van der Waals surface area contributed by atoms with Gasteiger partial charge in [-0.25, -0.2) is 9.78 Å². The van der Waals surface area contributed by atoms with Gasteiger partial charge in [-0.15, -0.1) is 0 Å². The maximum absolute atomic E-state index is 12.0. The Bertz CT molecular complexity index is 735. The predicted molar refractivity (Wildman–Crippen MR) is 82.7 cm³/mol. The second-order valence-electron chi connectivity index (χ2n) is 4.44. The molecule has 1 heterocycles. The number of nitrogen functional groups attached to an aromatic ring is 1. The minimum absolute atomic E-state index is 0.189. The molecule has 6 nitrogen and oxygen atoms in total. The summed E-state index contributed by atoms with van der Waals surface area (Å²) in [6.07, 6.45) is 2.98. The van der Waals surface area contributed by atoms with E-state index in [1.54, 1.807) is 13.1 Å². The highest BCUT2D eigenvalue weighted by molar-refractivity contribution is 6.37. The minimum Gasteiger partial charge on any atom is -0.397 e. The quantitative estimate of drug-likeness (QED) is 0.845. The molecule has 8 heteroatoms. The minimum atomic E-state index is -0.508. The SMILES string of the molecule is Cc1cnc(=O)n(CC(=O)Nc2c(N)cc(Cl)cc2Cl)c1. The predicted octanol–water partition coefficient (Wildman–Crippen LogP) is 2.08. The van der Waals surface area contributed by atoms with Crippen molar-refractivity contribution < 1.29 is 4.79 Å². The monoisotopic (exact) mass is 326 g/mol. The number of halogens is 2. The largest absolute Gasteiger partial charge is 0.397 e. The second-order valence-corrected chi connectivity index (χ2v) is 5.29. The number of carbonyl (C=O) groups excluding carboxylic acids is 1. The number of aryl methyl sites for hydroxylation is 1. The average molecular weight is 327 g/mol. The van der Waals surface area contributed by atoms with E-state index < -0.39 is 11.6 Å². The lowest BCUT2D eigenvalue weighted by atomic mass is 10.2. The zero-order chi connectivity index (χ0) is 15.6. The topological polar surface area (TPSA) is 90.0 Å². The zero-order valence-corrected chi connectivity index (χ0v) is 12.6. The van der Waals surface area contributed by atoms with E-state index in [2.05, 4.69) is 10.3 Å². The fourth-order valence-electron chi connectivity index (χ4n) is 1.74. The van der Waals surface area contributed by atoms with Gasteiger partial charge in [0.15, 0.2) is 0 Å². The number of rotatable bonds is 3. The maximum Gasteiger partial charge on any atom is 0.347 e. The van der Waals surface area contributed by atoms with Crippen molar-refractivity contribution in [3.8, 4) is 0 Å². The van der Waals surface area contributed by atoms with Crippen LogP contribution in [-0.4, -0.2) is 15.5 Å². The molecule has 1 aromatic carbocycles. The van der Waals surface area contributed by atoms with Gasteiger partial charge in [-0.05, 0) is 24.6 Å². The lowest BCUT2D eigenvalue weighted by Crippen LogP contribution is -2.29. The first kappa shape index (κ1) is 15.3. The van der Waals surface area contributed by atoms with Gasteiger partial charge >= 0.3 is 5.69 Å². The highest BCUT2D eigenvalue weighted by atomic mass is 35.5. The van der Waals surface area contributed by atoms with Gasteiger partial charge < -0.3 is 11.1 Å². The van der Waals surface area contributed by atoms with Crippen molar-refractivity contribution in [3.63, 3.8) is 0 Å². The highest BCUT2D eigenvalue weighted by Gasteiger charge is 2.12. The summed E-state index contributed by atoms with van der Waals surface area (Å²) >= 11 is 11.8. The molecule has 0 radical (unpaired) electrons. The number of benzene rings is 1. The molecule has 0 spiro atoms. The number of carbonyl (C=O) groups is 1. The van der Waals surface area contributed by atoms with Crippen molar-refractivity contribution in [2.75, 3.05) is 11.1 Å². The first-order valence-corrected chi connectivity index (χ1v) is 6.70. The van der Waals surface area contributed by atoms with Crippen LogP contribution in [0.5, 0.6) is 0 Å². The van der Waals surface area contributed by atoms with Crippen LogP contribution in [0.25, 0.3) is 0 Å². The Morgan fingerprint density at radius 1 is 1.43 bits per heavy atom. The van der Waals surface area contributed by atoms with Gasteiger partial charge in [-0.3, -0.25) is 9.36 Å². The molecule has 2 rings (SSSR count). The van der Waals surface area contributed by atoms with Crippen LogP contribution < -0.4 is 16.7 Å². The van der Waals surface area contributed by atoms with Gasteiger partial charge in [-0.1, -0.05) is 23.2 Å². The highest BCUT2D eigenvalue weighted by Crippen LogP contribution is 2.31. The Labute approximate surface area is 130 Å². The standard InChI is InChI=1S/C13H12Cl2N4O2/c1-7-4-17-13(21)19(5-7)6-11(20)18-12-9(15)2-8(14)3-10(12)16/h2-5H,6,16H2,1H3,(H,18,20). The van der Waals surface area contributed by atoms with E-state index in [0.717, 1.165) is 5.56 Å². The Morgan fingerprint density at radius 3 is 2.81 bits per heavy atom. The third-order valence-corrected chi connectivity index (χ3v) is 3.16. The number of hydrogen-bond donors (Lipinski definition) is 2. The maximum atomic E-state index is 12.0. The van der Waals surface area contributed by atoms with E-state index in [1.807, 2.05) is 0 Å². The summed E-state index contributed by atoms with van der Waals surface area (Å²) in [4.78, 5) is 27.2. The molecule has 21 heavy (non-hydrogen) atoms. The van der Waals surface area contributed by atoms with Crippen LogP contribution in [0.4, 0.5) is 11.4 Å². The van der Waals surface area contributed by atoms with E-state index >= 15 is 0 Å². The van der Waals surface area contributed by atoms with Crippen molar-refractivity contribution in [2.24, 2.45) is 0 Å². The van der Waals surface area contributed by atoms with Crippen LogP contribution >= 0.6 is 23.2 Å². The number of aromatic nitrogens is 2. The molecule has 3 N–H and O–H groups in total. The summed E-state index contributed by atoms with van der Waals surface area (Å²) in [5, 5.41) is 3.15. The molecule has 0 aliphatic rings. The van der Waals surface area contributed by atoms with Crippen molar-refractivity contribution in [1.82, 2.24) is 9.55 Å². The molecule has 2 aromatic rings. The summed E-state index contributed by atoms with van der Waals surface area (Å²) in [6.45, 7) is 1.58. The van der Waals surface area contributed by atoms with Crippen LogP contribution in [0.15, 0.2) is 29.3 Å². The van der Waals surface area contributed by atoms with Crippen LogP contribution in [0.2, 0.25) is 10.0 Å². The second kappa shape index (κ2) is 6.15. The smallest absolute Gasteiger partial charge is 0.347 e. The number of nitrogens with zero attached hydrogens (tertiary/aromatic N) is 2. The third kappa shape index (κ3) is 3.74. The van der Waals surface area contributed by atoms with Crippen LogP contribution in [0.1, 0.15) is 5.56 Å². The molecule has 1 aromatic heterocycles. The molecule has 0 bridgehead atoms. The van der Waals surface area contributed by atoms with E-state index in [9.17, 15) is 9.59 Å². The lowest BCUT2D eigenvalue weighted by molar-refractivity contribution is -0.116. The molecule has 0 atom stereocenters. The summed E-state index contributed by atoms with van der Waals surface area (Å²) in [7, 11) is 0. The lowest BCUT2D eigenvalue weighted by Gasteiger charge is -2.11. The first-order valence-electron chi connectivity index (χ1n) is 5.94. The summed E-state index contributed by atoms with van der Waals surface area (Å²) in [5.74, 6) is -0.444. The number of anilines is 2. The summed E-state index contributed by atoms with van der Waals surface area (Å²) < 4.78 is 1.20. The Hall–Kier alpha value is -2.05. The van der Waals surface area contributed by atoms with Gasteiger partial charge in [0, 0.05) is 17.4 Å². The summed E-state index contributed by atoms with van der Waals surface area (Å²) in [6, 6.07) is 2.94. The van der Waals surface area contributed by atoms with Crippen molar-refractivity contribution >= 4 is 40.5 Å². The fraction of sp³-hybridized carbons (Fsp3) is 0.154. The van der Waals surface area contributed by atoms with Crippen LogP contribution in [0, 0.1) is 6.92 Å². The fourth-order valence-corrected chi connectivity index (χ4v) is 2.29. The number of nitrogens with one attached hydrogen (secondary N) is 1. The normalized spacial score (nSPS) is 10.4. The number of hydrogen-bond acceptors (Lipinski definition) is 4. The molecule has 0 aliphatic heterocycles. The molecule has 0 aliphatic carbocycles. The van der Waals surface area contributed by atoms with Crippen molar-refractivity contribution in [2.45, 2.75) is 13.5 Å². The van der Waals surface area contributed by atoms with E-state index in [4.69, 9.17) is 28.9 Å². The Balaban J connectivity index is 2.19. The van der Waals surface area contributed by atoms with Crippen molar-refractivity contribution in [1.29, 1.82) is 0 Å². The number of nitrogens with two attached hydrogens (primary N) is 1. The van der Waals surface area contributed by atoms with Gasteiger partial charge in [0.1, 0.15) is 6.54 Å². The molecule has 110 valence electrons. The van der Waals surface area contributed by atoms with E-state index in [0.29, 0.717) is 5.02 Å². The average Bonchev–Trinajstić information content (AvgIpc) is 2.38. The molecule has 0 saturated heterocycles. The van der Waals surface area contributed by atoms with E-state index in [1.165, 1.54) is 22.9 Å². The van der Waals surface area contributed by atoms with E-state index in [-0.39, 0.29) is 22.9 Å². The van der Waals surface area contributed by atoms with Crippen LogP contribution in [-0.2, 0) is 11.3 Å². The van der Waals surface area contributed by atoms with Crippen LogP contribution in [0.3, 0.4) is 0 Å². The molecule has 0 saturated carbocycles. The van der Waals surface area contributed by atoms with Crippen molar-refractivity contribution in [3.05, 3.63) is 50.6 Å². The Kier molecular flexibility index (Phi) is 4.50. The Morgan fingerprint density at radius 2 is 2.14 bits per heavy atom. The third-order valence-electron chi connectivity index (χ3n) is 2.65. The zero-order valence-electron chi connectivity index (χ0n) is 11.1. The first-order chi connectivity index (χ1) is 9.86. The van der Waals surface area contributed by atoms with Gasteiger partial charge in [-0.2, -0.15) is 0 Å². The molecular formula is C13H12Cl2N4O2. The molecular weight excluding hydrogens is 315 g/mol. The molecule has 0 fully saturated rings. The summed E-state index contributed by atoms with van der Waals surface area (Å²) in [5.41, 5.74) is 6.52. The molecule has 0 unspecified atom stereocenters. The molecule has 1 amide bonds. The van der Waals surface area contributed by atoms with Gasteiger partial charge in [0.25, 0.3) is 0 Å².